The van der Waals surface area contributed by atoms with Gasteiger partial charge in [0.1, 0.15) is 10.7 Å². The number of carbonyl (C=O) groups is 1. The minimum atomic E-state index is -3.79. The third kappa shape index (κ3) is 3.73. The minimum absolute atomic E-state index is 0.153. The molecule has 2 aromatic carbocycles. The number of benzene rings is 2. The Hall–Kier alpha value is -2.86. The molecule has 5 nitrogen and oxygen atoms in total. The summed E-state index contributed by atoms with van der Waals surface area (Å²) in [5, 5.41) is 2.76. The molecule has 1 N–H and O–H groups in total. The molecule has 0 unspecified atom stereocenters. The Labute approximate surface area is 165 Å². The summed E-state index contributed by atoms with van der Waals surface area (Å²) < 4.78 is 28.7. The molecule has 0 aliphatic carbocycles. The van der Waals surface area contributed by atoms with E-state index in [-0.39, 0.29) is 15.7 Å². The summed E-state index contributed by atoms with van der Waals surface area (Å²) in [6, 6.07) is 16.5. The third-order valence-electron chi connectivity index (χ3n) is 4.85. The van der Waals surface area contributed by atoms with Gasteiger partial charge in [-0.15, -0.1) is 0 Å². The maximum absolute atomic E-state index is 13.4. The van der Waals surface area contributed by atoms with Crippen LogP contribution in [0.4, 0.5) is 5.82 Å². The first-order valence-electron chi connectivity index (χ1n) is 9.04. The Morgan fingerprint density at radius 2 is 1.57 bits per heavy atom. The molecule has 0 aliphatic rings. The molecular weight excluding hydrogens is 372 g/mol. The first-order chi connectivity index (χ1) is 13.2. The standard InChI is InChI=1S/C22H24N2O3S/c1-15-10-12-20(13-11-15)28(26,27)21-16(2)17(3)24(22(21)23-18(4)25)14-19-8-6-5-7-9-19/h5-13H,14H2,1-4H3,(H,23,25). The number of sulfone groups is 1. The minimum Gasteiger partial charge on any atom is -0.326 e. The quantitative estimate of drug-likeness (QED) is 0.701. The van der Waals surface area contributed by atoms with E-state index in [0.29, 0.717) is 17.9 Å². The van der Waals surface area contributed by atoms with E-state index in [2.05, 4.69) is 5.32 Å². The molecule has 0 bridgehead atoms. The van der Waals surface area contributed by atoms with Crippen LogP contribution in [-0.4, -0.2) is 18.9 Å². The molecule has 0 spiro atoms. The number of carbonyl (C=O) groups excluding carboxylic acids is 1. The molecule has 0 atom stereocenters. The van der Waals surface area contributed by atoms with Gasteiger partial charge in [-0.1, -0.05) is 48.0 Å². The molecule has 1 aromatic heterocycles. The first kappa shape index (κ1) is 19.9. The van der Waals surface area contributed by atoms with E-state index >= 15 is 0 Å². The first-order valence-corrected chi connectivity index (χ1v) is 10.5. The fourth-order valence-electron chi connectivity index (χ4n) is 3.25. The third-order valence-corrected chi connectivity index (χ3v) is 6.78. The number of nitrogens with one attached hydrogen (secondary N) is 1. The summed E-state index contributed by atoms with van der Waals surface area (Å²) >= 11 is 0. The molecule has 0 radical (unpaired) electrons. The smallest absolute Gasteiger partial charge is 0.222 e. The number of aryl methyl sites for hydroxylation is 1. The van der Waals surface area contributed by atoms with Crippen LogP contribution in [-0.2, 0) is 21.2 Å². The van der Waals surface area contributed by atoms with E-state index in [1.165, 1.54) is 6.92 Å². The van der Waals surface area contributed by atoms with Crippen LogP contribution < -0.4 is 5.32 Å². The lowest BCUT2D eigenvalue weighted by molar-refractivity contribution is -0.114. The summed E-state index contributed by atoms with van der Waals surface area (Å²) in [7, 11) is -3.79. The molecule has 3 rings (SSSR count). The van der Waals surface area contributed by atoms with Crippen molar-refractivity contribution >= 4 is 21.6 Å². The van der Waals surface area contributed by atoms with Crippen molar-refractivity contribution in [2.24, 2.45) is 0 Å². The fourth-order valence-corrected chi connectivity index (χ4v) is 4.95. The van der Waals surface area contributed by atoms with Gasteiger partial charge >= 0.3 is 0 Å². The zero-order valence-corrected chi connectivity index (χ0v) is 17.3. The van der Waals surface area contributed by atoms with Crippen molar-refractivity contribution < 1.29 is 13.2 Å². The van der Waals surface area contributed by atoms with Crippen molar-refractivity contribution in [1.29, 1.82) is 0 Å². The number of rotatable bonds is 5. The van der Waals surface area contributed by atoms with Crippen LogP contribution in [0.3, 0.4) is 0 Å². The van der Waals surface area contributed by atoms with Crippen LogP contribution in [0.25, 0.3) is 0 Å². The highest BCUT2D eigenvalue weighted by Gasteiger charge is 2.30. The van der Waals surface area contributed by atoms with Crippen LogP contribution in [0.15, 0.2) is 64.4 Å². The normalized spacial score (nSPS) is 11.4. The Morgan fingerprint density at radius 1 is 0.964 bits per heavy atom. The monoisotopic (exact) mass is 396 g/mol. The predicted molar refractivity (Wildman–Crippen MR) is 110 cm³/mol. The second kappa shape index (κ2) is 7.64. The van der Waals surface area contributed by atoms with Gasteiger partial charge in [-0.25, -0.2) is 8.42 Å². The van der Waals surface area contributed by atoms with Gasteiger partial charge in [0.05, 0.1) is 4.90 Å². The lowest BCUT2D eigenvalue weighted by Gasteiger charge is -2.14. The Morgan fingerprint density at radius 3 is 2.14 bits per heavy atom. The fraction of sp³-hybridized carbons (Fsp3) is 0.227. The van der Waals surface area contributed by atoms with Gasteiger partial charge in [-0.05, 0) is 44.0 Å². The molecule has 28 heavy (non-hydrogen) atoms. The van der Waals surface area contributed by atoms with Gasteiger partial charge < -0.3 is 9.88 Å². The summed E-state index contributed by atoms with van der Waals surface area (Å²) in [5.74, 6) is -0.000837. The van der Waals surface area contributed by atoms with Gasteiger partial charge in [-0.3, -0.25) is 4.79 Å². The van der Waals surface area contributed by atoms with Crippen molar-refractivity contribution in [3.8, 4) is 0 Å². The highest BCUT2D eigenvalue weighted by molar-refractivity contribution is 7.91. The average molecular weight is 397 g/mol. The zero-order valence-electron chi connectivity index (χ0n) is 16.5. The maximum atomic E-state index is 13.4. The van der Waals surface area contributed by atoms with Crippen LogP contribution in [0, 0.1) is 20.8 Å². The summed E-state index contributed by atoms with van der Waals surface area (Å²) in [6.45, 7) is 7.41. The van der Waals surface area contributed by atoms with E-state index in [0.717, 1.165) is 16.8 Å². The molecule has 1 heterocycles. The molecule has 0 saturated carbocycles. The van der Waals surface area contributed by atoms with Crippen LogP contribution in [0.2, 0.25) is 0 Å². The van der Waals surface area contributed by atoms with Crippen molar-refractivity contribution in [2.45, 2.75) is 44.0 Å². The zero-order chi connectivity index (χ0) is 20.5. The van der Waals surface area contributed by atoms with Crippen molar-refractivity contribution in [3.63, 3.8) is 0 Å². The van der Waals surface area contributed by atoms with Crippen molar-refractivity contribution in [1.82, 2.24) is 4.57 Å². The number of aromatic nitrogens is 1. The van der Waals surface area contributed by atoms with Crippen LogP contribution >= 0.6 is 0 Å². The van der Waals surface area contributed by atoms with Gasteiger partial charge in [0.2, 0.25) is 15.7 Å². The molecule has 1 amide bonds. The summed E-state index contributed by atoms with van der Waals surface area (Å²) in [5.41, 5.74) is 3.45. The number of nitrogens with zero attached hydrogens (tertiary/aromatic N) is 1. The van der Waals surface area contributed by atoms with E-state index in [1.807, 2.05) is 48.7 Å². The molecule has 3 aromatic rings. The number of anilines is 1. The molecular formula is C22H24N2O3S. The second-order valence-electron chi connectivity index (χ2n) is 6.96. The highest BCUT2D eigenvalue weighted by atomic mass is 32.2. The number of hydrogen-bond acceptors (Lipinski definition) is 3. The van der Waals surface area contributed by atoms with Crippen molar-refractivity contribution in [3.05, 3.63) is 77.0 Å². The van der Waals surface area contributed by atoms with Crippen LogP contribution in [0.5, 0.6) is 0 Å². The van der Waals surface area contributed by atoms with E-state index in [4.69, 9.17) is 0 Å². The lowest BCUT2D eigenvalue weighted by Crippen LogP contribution is -2.15. The molecule has 146 valence electrons. The topological polar surface area (TPSA) is 68.2 Å². The second-order valence-corrected chi connectivity index (χ2v) is 8.84. The SMILES string of the molecule is CC(=O)Nc1c(S(=O)(=O)c2ccc(C)cc2)c(C)c(C)n1Cc1ccccc1. The highest BCUT2D eigenvalue weighted by Crippen LogP contribution is 2.35. The number of amides is 1. The molecule has 0 saturated heterocycles. The largest absolute Gasteiger partial charge is 0.326 e. The Balaban J connectivity index is 2.21. The Bertz CT molecular complexity index is 1110. The van der Waals surface area contributed by atoms with Gasteiger partial charge in [0.15, 0.2) is 0 Å². The molecule has 0 fully saturated rings. The lowest BCUT2D eigenvalue weighted by atomic mass is 10.2. The van der Waals surface area contributed by atoms with Gasteiger partial charge in [-0.2, -0.15) is 0 Å². The van der Waals surface area contributed by atoms with Gasteiger partial charge in [0.25, 0.3) is 0 Å². The maximum Gasteiger partial charge on any atom is 0.222 e. The summed E-state index contributed by atoms with van der Waals surface area (Å²) in [6.07, 6.45) is 0. The molecule has 6 heteroatoms. The van der Waals surface area contributed by atoms with Crippen LogP contribution in [0.1, 0.15) is 29.3 Å². The number of hydrogen-bond donors (Lipinski definition) is 1. The van der Waals surface area contributed by atoms with E-state index in [1.54, 1.807) is 31.2 Å². The van der Waals surface area contributed by atoms with E-state index < -0.39 is 9.84 Å². The Kier molecular flexibility index (Phi) is 5.42. The summed E-state index contributed by atoms with van der Waals surface area (Å²) in [4.78, 5) is 12.2. The molecule has 0 aliphatic heterocycles. The average Bonchev–Trinajstić information content (AvgIpc) is 2.87. The van der Waals surface area contributed by atoms with Crippen molar-refractivity contribution in [2.75, 3.05) is 5.32 Å². The predicted octanol–water partition coefficient (Wildman–Crippen LogP) is 4.25. The van der Waals surface area contributed by atoms with Gasteiger partial charge in [0, 0.05) is 19.2 Å². The van der Waals surface area contributed by atoms with E-state index in [9.17, 15) is 13.2 Å².